The van der Waals surface area contributed by atoms with E-state index in [1.165, 1.54) is 22.6 Å². The largest absolute Gasteiger partial charge is 0.368 e. The van der Waals surface area contributed by atoms with Gasteiger partial charge in [-0.15, -0.1) is 11.3 Å². The second kappa shape index (κ2) is 7.96. The summed E-state index contributed by atoms with van der Waals surface area (Å²) in [7, 11) is -3.52. The lowest BCUT2D eigenvalue weighted by molar-refractivity contribution is -0.119. The zero-order chi connectivity index (χ0) is 18.7. The highest BCUT2D eigenvalue weighted by Gasteiger charge is 2.30. The topological polar surface area (TPSA) is 69.7 Å². The van der Waals surface area contributed by atoms with Gasteiger partial charge in [-0.3, -0.25) is 4.79 Å². The lowest BCUT2D eigenvalue weighted by Crippen LogP contribution is -2.48. The molecule has 1 saturated heterocycles. The number of sulfonamides is 1. The van der Waals surface area contributed by atoms with E-state index in [2.05, 4.69) is 10.2 Å². The number of hydrogen-bond donors (Lipinski definition) is 1. The molecule has 6 nitrogen and oxygen atoms in total. The van der Waals surface area contributed by atoms with Gasteiger partial charge < -0.3 is 10.2 Å². The molecule has 0 radical (unpaired) electrons. The summed E-state index contributed by atoms with van der Waals surface area (Å²) in [5, 5.41) is 3.35. The van der Waals surface area contributed by atoms with Crippen LogP contribution in [0.25, 0.3) is 0 Å². The van der Waals surface area contributed by atoms with E-state index in [9.17, 15) is 13.2 Å². The summed E-state index contributed by atoms with van der Waals surface area (Å²) in [4.78, 5) is 13.9. The maximum absolute atomic E-state index is 12.9. The van der Waals surface area contributed by atoms with Crippen LogP contribution >= 0.6 is 22.9 Å². The highest BCUT2D eigenvalue weighted by atomic mass is 35.5. The quantitative estimate of drug-likeness (QED) is 0.817. The molecule has 3 rings (SSSR count). The highest BCUT2D eigenvalue weighted by molar-refractivity contribution is 7.91. The molecule has 2 heterocycles. The minimum atomic E-state index is -3.52. The van der Waals surface area contributed by atoms with Gasteiger partial charge in [-0.05, 0) is 24.3 Å². The van der Waals surface area contributed by atoms with Gasteiger partial charge in [0.25, 0.3) is 10.0 Å². The molecule has 1 N–H and O–H groups in total. The van der Waals surface area contributed by atoms with Crippen LogP contribution in [0.15, 0.2) is 40.6 Å². The third-order valence-electron chi connectivity index (χ3n) is 4.17. The Morgan fingerprint density at radius 2 is 1.85 bits per heavy atom. The second-order valence-corrected chi connectivity index (χ2v) is 9.71. The summed E-state index contributed by atoms with van der Waals surface area (Å²) in [5.41, 5.74) is 0.930. The van der Waals surface area contributed by atoms with Gasteiger partial charge in [-0.25, -0.2) is 8.42 Å². The van der Waals surface area contributed by atoms with E-state index in [0.29, 0.717) is 42.0 Å². The molecule has 0 atom stereocenters. The van der Waals surface area contributed by atoms with E-state index >= 15 is 0 Å². The SMILES string of the molecule is CC(=O)NCc1ccc(S(=O)(=O)N2CCN(c3ccccc3Cl)CC2)s1. The molecule has 1 aliphatic rings. The molecule has 1 fully saturated rings. The van der Waals surface area contributed by atoms with Gasteiger partial charge in [0.05, 0.1) is 17.3 Å². The lowest BCUT2D eigenvalue weighted by Gasteiger charge is -2.35. The predicted octanol–water partition coefficient (Wildman–Crippen LogP) is 2.55. The number of piperazine rings is 1. The normalized spacial score (nSPS) is 15.8. The maximum atomic E-state index is 12.9. The summed E-state index contributed by atoms with van der Waals surface area (Å²) in [5.74, 6) is -0.140. The Labute approximate surface area is 162 Å². The van der Waals surface area contributed by atoms with Crippen molar-refractivity contribution >= 4 is 44.6 Å². The summed E-state index contributed by atoms with van der Waals surface area (Å²) < 4.78 is 27.5. The van der Waals surface area contributed by atoms with E-state index in [1.807, 2.05) is 24.3 Å². The number of amides is 1. The van der Waals surface area contributed by atoms with Crippen LogP contribution in [0.3, 0.4) is 0 Å². The van der Waals surface area contributed by atoms with E-state index in [-0.39, 0.29) is 5.91 Å². The number of nitrogens with zero attached hydrogens (tertiary/aromatic N) is 2. The van der Waals surface area contributed by atoms with Crippen molar-refractivity contribution in [2.45, 2.75) is 17.7 Å². The smallest absolute Gasteiger partial charge is 0.252 e. The first kappa shape index (κ1) is 19.2. The maximum Gasteiger partial charge on any atom is 0.252 e. The van der Waals surface area contributed by atoms with Crippen LogP contribution in [-0.2, 0) is 21.4 Å². The molecule has 0 spiro atoms. The monoisotopic (exact) mass is 413 g/mol. The molecule has 1 aliphatic heterocycles. The fourth-order valence-electron chi connectivity index (χ4n) is 2.81. The molecule has 2 aromatic rings. The van der Waals surface area contributed by atoms with Crippen LogP contribution in [-0.4, -0.2) is 44.8 Å². The van der Waals surface area contributed by atoms with E-state index < -0.39 is 10.0 Å². The number of rotatable bonds is 5. The van der Waals surface area contributed by atoms with Crippen LogP contribution < -0.4 is 10.2 Å². The van der Waals surface area contributed by atoms with Crippen molar-refractivity contribution in [2.24, 2.45) is 0 Å². The first-order valence-corrected chi connectivity index (χ1v) is 10.8. The molecule has 26 heavy (non-hydrogen) atoms. The number of anilines is 1. The van der Waals surface area contributed by atoms with Crippen LogP contribution in [0.1, 0.15) is 11.8 Å². The summed E-state index contributed by atoms with van der Waals surface area (Å²) in [6, 6.07) is 10.9. The third kappa shape index (κ3) is 4.20. The van der Waals surface area contributed by atoms with Gasteiger partial charge in [-0.1, -0.05) is 23.7 Å². The number of hydrogen-bond acceptors (Lipinski definition) is 5. The lowest BCUT2D eigenvalue weighted by atomic mass is 10.2. The molecule has 1 amide bonds. The molecule has 0 unspecified atom stereocenters. The van der Waals surface area contributed by atoms with Crippen molar-refractivity contribution in [1.82, 2.24) is 9.62 Å². The molecule has 0 saturated carbocycles. The Morgan fingerprint density at radius 3 is 2.50 bits per heavy atom. The molecular weight excluding hydrogens is 394 g/mol. The van der Waals surface area contributed by atoms with Crippen molar-refractivity contribution < 1.29 is 13.2 Å². The molecule has 1 aromatic heterocycles. The average molecular weight is 414 g/mol. The van der Waals surface area contributed by atoms with Crippen LogP contribution in [0, 0.1) is 0 Å². The van der Waals surface area contributed by atoms with Crippen molar-refractivity contribution in [2.75, 3.05) is 31.1 Å². The first-order valence-electron chi connectivity index (χ1n) is 8.21. The van der Waals surface area contributed by atoms with Crippen molar-refractivity contribution in [3.05, 3.63) is 46.3 Å². The molecule has 1 aromatic carbocycles. The Hall–Kier alpha value is -1.61. The van der Waals surface area contributed by atoms with Crippen LogP contribution in [0.5, 0.6) is 0 Å². The fraction of sp³-hybridized carbons (Fsp3) is 0.353. The summed E-state index contributed by atoms with van der Waals surface area (Å²) in [6.45, 7) is 3.78. The number of carbonyl (C=O) groups excluding carboxylic acids is 1. The Morgan fingerprint density at radius 1 is 1.15 bits per heavy atom. The van der Waals surface area contributed by atoms with E-state index in [0.717, 1.165) is 10.6 Å². The zero-order valence-corrected chi connectivity index (χ0v) is 16.7. The van der Waals surface area contributed by atoms with Crippen molar-refractivity contribution in [1.29, 1.82) is 0 Å². The predicted molar refractivity (Wildman–Crippen MR) is 104 cm³/mol. The van der Waals surface area contributed by atoms with Gasteiger partial charge in [-0.2, -0.15) is 4.31 Å². The third-order valence-corrected chi connectivity index (χ3v) is 7.95. The highest BCUT2D eigenvalue weighted by Crippen LogP contribution is 2.29. The van der Waals surface area contributed by atoms with Crippen LogP contribution in [0.2, 0.25) is 5.02 Å². The Kier molecular flexibility index (Phi) is 5.86. The summed E-state index contributed by atoms with van der Waals surface area (Å²) >= 11 is 7.43. The van der Waals surface area contributed by atoms with Gasteiger partial charge in [0.1, 0.15) is 4.21 Å². The molecule has 0 bridgehead atoms. The van der Waals surface area contributed by atoms with Gasteiger partial charge in [0, 0.05) is 38.0 Å². The average Bonchev–Trinajstić information content (AvgIpc) is 3.10. The molecule has 0 aliphatic carbocycles. The number of thiophene rings is 1. The molecule has 140 valence electrons. The number of carbonyl (C=O) groups is 1. The second-order valence-electron chi connectivity index (χ2n) is 5.97. The van der Waals surface area contributed by atoms with Crippen molar-refractivity contribution in [3.8, 4) is 0 Å². The number of benzene rings is 1. The fourth-order valence-corrected chi connectivity index (χ4v) is 5.94. The van der Waals surface area contributed by atoms with Gasteiger partial charge in [0.15, 0.2) is 0 Å². The van der Waals surface area contributed by atoms with Crippen LogP contribution in [0.4, 0.5) is 5.69 Å². The van der Waals surface area contributed by atoms with Crippen molar-refractivity contribution in [3.63, 3.8) is 0 Å². The zero-order valence-electron chi connectivity index (χ0n) is 14.3. The number of halogens is 1. The van der Waals surface area contributed by atoms with Gasteiger partial charge >= 0.3 is 0 Å². The van der Waals surface area contributed by atoms with E-state index in [4.69, 9.17) is 11.6 Å². The Balaban J connectivity index is 1.66. The Bertz CT molecular complexity index is 890. The molecular formula is C17H20ClN3O3S2. The number of para-hydroxylation sites is 1. The first-order chi connectivity index (χ1) is 12.4. The minimum Gasteiger partial charge on any atom is -0.368 e. The van der Waals surface area contributed by atoms with E-state index in [1.54, 1.807) is 12.1 Å². The summed E-state index contributed by atoms with van der Waals surface area (Å²) in [6.07, 6.45) is 0. The minimum absolute atomic E-state index is 0.140. The molecule has 9 heteroatoms. The number of nitrogens with one attached hydrogen (secondary N) is 1. The standard InChI is InChI=1S/C17H20ClN3O3S2/c1-13(22)19-12-14-6-7-17(25-14)26(23,24)21-10-8-20(9-11-21)16-5-3-2-4-15(16)18/h2-7H,8-12H2,1H3,(H,19,22). The van der Waals surface area contributed by atoms with Gasteiger partial charge in [0.2, 0.25) is 5.91 Å².